The summed E-state index contributed by atoms with van der Waals surface area (Å²) in [5.74, 6) is 0.628. The van der Waals surface area contributed by atoms with E-state index in [-0.39, 0.29) is 0 Å². The fourth-order valence-electron chi connectivity index (χ4n) is 1.26. The minimum absolute atomic E-state index is 0.306. The van der Waals surface area contributed by atoms with Gasteiger partial charge < -0.3 is 15.9 Å². The molecule has 0 saturated carbocycles. The molecule has 0 spiro atoms. The van der Waals surface area contributed by atoms with Crippen molar-refractivity contribution in [1.82, 2.24) is 0 Å². The molecule has 3 heteroatoms. The van der Waals surface area contributed by atoms with Crippen molar-refractivity contribution in [3.8, 4) is 11.5 Å². The molecular weight excluding hydrogens is 214 g/mol. The average Bonchev–Trinajstić information content (AvgIpc) is 2.34. The van der Waals surface area contributed by atoms with Gasteiger partial charge in [-0.25, -0.2) is 0 Å². The van der Waals surface area contributed by atoms with E-state index in [2.05, 4.69) is 0 Å². The molecule has 0 aliphatic heterocycles. The van der Waals surface area contributed by atoms with Crippen molar-refractivity contribution >= 4 is 0 Å². The summed E-state index contributed by atoms with van der Waals surface area (Å²) in [6, 6.07) is 15.8. The number of para-hydroxylation sites is 1. The molecule has 17 heavy (non-hydrogen) atoms. The van der Waals surface area contributed by atoms with E-state index in [0.717, 1.165) is 6.42 Å². The lowest BCUT2D eigenvalue weighted by Crippen LogP contribution is -2.01. The van der Waals surface area contributed by atoms with Gasteiger partial charge in [0.2, 0.25) is 0 Å². The van der Waals surface area contributed by atoms with E-state index in [1.54, 1.807) is 36.4 Å². The third kappa shape index (κ3) is 5.58. The Morgan fingerprint density at radius 1 is 0.765 bits per heavy atom. The van der Waals surface area contributed by atoms with E-state index in [0.29, 0.717) is 18.0 Å². The summed E-state index contributed by atoms with van der Waals surface area (Å²) in [7, 11) is 0. The first-order chi connectivity index (χ1) is 8.22. The zero-order chi connectivity index (χ0) is 12.5. The van der Waals surface area contributed by atoms with Gasteiger partial charge in [0.05, 0.1) is 0 Å². The van der Waals surface area contributed by atoms with Crippen LogP contribution in [0.25, 0.3) is 0 Å². The Hall–Kier alpha value is -2.00. The summed E-state index contributed by atoms with van der Waals surface area (Å²) < 4.78 is 0. The van der Waals surface area contributed by atoms with Gasteiger partial charge >= 0.3 is 0 Å². The summed E-state index contributed by atoms with van der Waals surface area (Å²) in [4.78, 5) is 0. The summed E-state index contributed by atoms with van der Waals surface area (Å²) in [6.07, 6.45) is 0.875. The van der Waals surface area contributed by atoms with Crippen molar-refractivity contribution in [3.63, 3.8) is 0 Å². The molecule has 0 fully saturated rings. The lowest BCUT2D eigenvalue weighted by Gasteiger charge is -1.96. The first kappa shape index (κ1) is 13.1. The molecule has 0 unspecified atom stereocenters. The minimum Gasteiger partial charge on any atom is -0.508 e. The Morgan fingerprint density at radius 2 is 1.29 bits per heavy atom. The quantitative estimate of drug-likeness (QED) is 0.743. The van der Waals surface area contributed by atoms with Crippen LogP contribution in [0.1, 0.15) is 5.56 Å². The van der Waals surface area contributed by atoms with Crippen molar-refractivity contribution < 1.29 is 10.2 Å². The lowest BCUT2D eigenvalue weighted by molar-refractivity contribution is 0.474. The van der Waals surface area contributed by atoms with E-state index in [1.807, 2.05) is 18.2 Å². The highest BCUT2D eigenvalue weighted by Crippen LogP contribution is 2.09. The van der Waals surface area contributed by atoms with Crippen molar-refractivity contribution in [2.24, 2.45) is 5.73 Å². The van der Waals surface area contributed by atoms with Crippen LogP contribution in [0.3, 0.4) is 0 Å². The fraction of sp³-hybridized carbons (Fsp3) is 0.143. The molecule has 90 valence electrons. The SMILES string of the molecule is NCCc1ccc(O)cc1.Oc1ccccc1. The lowest BCUT2D eigenvalue weighted by atomic mass is 10.1. The third-order valence-electron chi connectivity index (χ3n) is 2.13. The van der Waals surface area contributed by atoms with Crippen LogP contribution >= 0.6 is 0 Å². The number of aromatic hydroxyl groups is 2. The molecule has 0 atom stereocenters. The topological polar surface area (TPSA) is 66.5 Å². The first-order valence-corrected chi connectivity index (χ1v) is 5.44. The Labute approximate surface area is 101 Å². The number of nitrogens with two attached hydrogens (primary N) is 1. The first-order valence-electron chi connectivity index (χ1n) is 5.44. The van der Waals surface area contributed by atoms with Crippen LogP contribution in [0.5, 0.6) is 11.5 Å². The van der Waals surface area contributed by atoms with Crippen LogP contribution in [0.15, 0.2) is 54.6 Å². The van der Waals surface area contributed by atoms with E-state index in [1.165, 1.54) is 5.56 Å². The number of rotatable bonds is 2. The Bertz CT molecular complexity index is 412. The predicted octanol–water partition coefficient (Wildman–Crippen LogP) is 2.29. The van der Waals surface area contributed by atoms with Crippen LogP contribution in [0, 0.1) is 0 Å². The molecule has 0 aliphatic rings. The van der Waals surface area contributed by atoms with Crippen molar-refractivity contribution in [2.75, 3.05) is 6.54 Å². The highest BCUT2D eigenvalue weighted by molar-refractivity contribution is 5.25. The monoisotopic (exact) mass is 231 g/mol. The molecule has 0 aromatic heterocycles. The van der Waals surface area contributed by atoms with Crippen LogP contribution in [0.4, 0.5) is 0 Å². The summed E-state index contributed by atoms with van der Waals surface area (Å²) in [5, 5.41) is 17.5. The molecule has 0 amide bonds. The molecule has 0 saturated heterocycles. The number of phenols is 2. The van der Waals surface area contributed by atoms with Crippen molar-refractivity contribution in [1.29, 1.82) is 0 Å². The number of hydrogen-bond donors (Lipinski definition) is 3. The molecule has 0 heterocycles. The molecular formula is C14H17NO2. The van der Waals surface area contributed by atoms with Gasteiger partial charge in [0, 0.05) is 0 Å². The molecule has 0 bridgehead atoms. The Kier molecular flexibility index (Phi) is 5.61. The standard InChI is InChI=1S/C8H11NO.C6H6O/c9-6-5-7-1-3-8(10)4-2-7;7-6-4-2-1-3-5-6/h1-4,10H,5-6,9H2;1-5,7H. The summed E-state index contributed by atoms with van der Waals surface area (Å²) in [5.41, 5.74) is 6.50. The van der Waals surface area contributed by atoms with Gasteiger partial charge in [0.1, 0.15) is 11.5 Å². The zero-order valence-electron chi connectivity index (χ0n) is 9.58. The number of hydrogen-bond acceptors (Lipinski definition) is 3. The van der Waals surface area contributed by atoms with Crippen molar-refractivity contribution in [3.05, 3.63) is 60.2 Å². The largest absolute Gasteiger partial charge is 0.508 e. The van der Waals surface area contributed by atoms with Gasteiger partial charge in [-0.3, -0.25) is 0 Å². The molecule has 3 nitrogen and oxygen atoms in total. The van der Waals surface area contributed by atoms with E-state index >= 15 is 0 Å². The highest BCUT2D eigenvalue weighted by atomic mass is 16.3. The molecule has 4 N–H and O–H groups in total. The van der Waals surface area contributed by atoms with E-state index in [4.69, 9.17) is 15.9 Å². The molecule has 0 aliphatic carbocycles. The minimum atomic E-state index is 0.306. The van der Waals surface area contributed by atoms with Gasteiger partial charge in [-0.1, -0.05) is 30.3 Å². The maximum atomic E-state index is 8.89. The van der Waals surface area contributed by atoms with Crippen molar-refractivity contribution in [2.45, 2.75) is 6.42 Å². The summed E-state index contributed by atoms with van der Waals surface area (Å²) >= 11 is 0. The zero-order valence-corrected chi connectivity index (χ0v) is 9.58. The number of benzene rings is 2. The van der Waals surface area contributed by atoms with Gasteiger partial charge in [-0.15, -0.1) is 0 Å². The second-order valence-electron chi connectivity index (χ2n) is 3.54. The fourth-order valence-corrected chi connectivity index (χ4v) is 1.26. The van der Waals surface area contributed by atoms with Crippen LogP contribution < -0.4 is 5.73 Å². The predicted molar refractivity (Wildman–Crippen MR) is 69.0 cm³/mol. The Morgan fingerprint density at radius 3 is 1.71 bits per heavy atom. The highest BCUT2D eigenvalue weighted by Gasteiger charge is 1.89. The average molecular weight is 231 g/mol. The summed E-state index contributed by atoms with van der Waals surface area (Å²) in [6.45, 7) is 0.658. The van der Waals surface area contributed by atoms with Crippen LogP contribution in [-0.4, -0.2) is 16.8 Å². The van der Waals surface area contributed by atoms with Gasteiger partial charge in [0.15, 0.2) is 0 Å². The molecule has 2 rings (SSSR count). The van der Waals surface area contributed by atoms with Gasteiger partial charge in [0.25, 0.3) is 0 Å². The molecule has 2 aromatic carbocycles. The second-order valence-corrected chi connectivity index (χ2v) is 3.54. The van der Waals surface area contributed by atoms with Gasteiger partial charge in [-0.05, 0) is 42.8 Å². The van der Waals surface area contributed by atoms with E-state index < -0.39 is 0 Å². The molecule has 0 radical (unpaired) electrons. The van der Waals surface area contributed by atoms with Crippen LogP contribution in [0.2, 0.25) is 0 Å². The Balaban J connectivity index is 0.000000181. The van der Waals surface area contributed by atoms with Crippen LogP contribution in [-0.2, 0) is 6.42 Å². The maximum absolute atomic E-state index is 8.89. The second kappa shape index (κ2) is 7.30. The number of phenolic OH excluding ortho intramolecular Hbond substituents is 2. The van der Waals surface area contributed by atoms with Gasteiger partial charge in [-0.2, -0.15) is 0 Å². The normalized spacial score (nSPS) is 9.24. The smallest absolute Gasteiger partial charge is 0.115 e. The van der Waals surface area contributed by atoms with E-state index in [9.17, 15) is 0 Å². The third-order valence-corrected chi connectivity index (χ3v) is 2.13. The maximum Gasteiger partial charge on any atom is 0.115 e. The molecule has 2 aromatic rings.